The van der Waals surface area contributed by atoms with Gasteiger partial charge in [-0.3, -0.25) is 19.2 Å². The number of nitrogens with one attached hydrogen (secondary N) is 4. The number of amides is 4. The predicted octanol–water partition coefficient (Wildman–Crippen LogP) is 1.47. The molecule has 7 N–H and O–H groups in total. The van der Waals surface area contributed by atoms with Gasteiger partial charge in [-0.1, -0.05) is 32.1 Å². The van der Waals surface area contributed by atoms with Crippen LogP contribution in [0, 0.1) is 0 Å². The van der Waals surface area contributed by atoms with Gasteiger partial charge in [-0.15, -0.1) is 0 Å². The molecule has 0 heterocycles. The summed E-state index contributed by atoms with van der Waals surface area (Å²) in [5.41, 5.74) is 0.209. The van der Waals surface area contributed by atoms with Gasteiger partial charge in [0.25, 0.3) is 0 Å². The van der Waals surface area contributed by atoms with Gasteiger partial charge in [-0.25, -0.2) is 14.4 Å². The first kappa shape index (κ1) is 52.8. The van der Waals surface area contributed by atoms with E-state index in [9.17, 15) is 43.5 Å². The number of aromatic carboxylic acids is 1. The summed E-state index contributed by atoms with van der Waals surface area (Å²) in [7, 11) is 0. The van der Waals surface area contributed by atoms with E-state index in [0.717, 1.165) is 38.5 Å². The maximum atomic E-state index is 12.3. The topological polar surface area (TPSA) is 292 Å². The number of carboxylic acid groups (broad SMARTS) is 3. The van der Waals surface area contributed by atoms with Crippen molar-refractivity contribution in [1.82, 2.24) is 21.3 Å². The number of carbonyl (C=O) groups is 8. The lowest BCUT2D eigenvalue weighted by molar-refractivity contribution is -0.143. The molecule has 0 aliphatic rings. The van der Waals surface area contributed by atoms with E-state index in [1.54, 1.807) is 12.1 Å². The fourth-order valence-electron chi connectivity index (χ4n) is 5.23. The Kier molecular flexibility index (Phi) is 29.6. The van der Waals surface area contributed by atoms with Crippen LogP contribution in [0.15, 0.2) is 24.3 Å². The van der Waals surface area contributed by atoms with Gasteiger partial charge in [0, 0.05) is 32.4 Å². The van der Waals surface area contributed by atoms with Crippen molar-refractivity contribution in [2.75, 3.05) is 72.6 Å². The summed E-state index contributed by atoms with van der Waals surface area (Å²) >= 11 is 0. The van der Waals surface area contributed by atoms with Crippen molar-refractivity contribution in [3.8, 4) is 5.75 Å². The third-order valence-corrected chi connectivity index (χ3v) is 8.48. The van der Waals surface area contributed by atoms with E-state index in [2.05, 4.69) is 21.3 Å². The Bertz CT molecular complexity index is 1460. The zero-order chi connectivity index (χ0) is 44.4. The Morgan fingerprint density at radius 2 is 1.00 bits per heavy atom. The SMILES string of the molecule is CC(=O)CC[C@H](NC(=O)COCCOCCNC(=O)COCCOCCNC(=O)CC[C@H](NC(=O)CCCCCCCCCOc1ccc(C(=O)O)cc1)C(=O)O)C(=O)O. The molecule has 338 valence electrons. The minimum Gasteiger partial charge on any atom is -0.494 e. The Morgan fingerprint density at radius 3 is 1.55 bits per heavy atom. The minimum atomic E-state index is -1.24. The Labute approximate surface area is 349 Å². The number of carboxylic acids is 3. The number of Topliss-reactive ketones (excluding diaryl/α,β-unsaturated/α-hetero) is 1. The Morgan fingerprint density at radius 1 is 0.517 bits per heavy atom. The second-order valence-electron chi connectivity index (χ2n) is 13.6. The third-order valence-electron chi connectivity index (χ3n) is 8.48. The average molecular weight is 855 g/mol. The molecular weight excluding hydrogens is 792 g/mol. The number of rotatable bonds is 38. The predicted molar refractivity (Wildman–Crippen MR) is 213 cm³/mol. The van der Waals surface area contributed by atoms with Crippen LogP contribution >= 0.6 is 0 Å². The lowest BCUT2D eigenvalue weighted by Gasteiger charge is -2.14. The molecule has 0 saturated heterocycles. The molecule has 1 aromatic rings. The fourth-order valence-corrected chi connectivity index (χ4v) is 5.23. The fraction of sp³-hybridized carbons (Fsp3) is 0.650. The highest BCUT2D eigenvalue weighted by Crippen LogP contribution is 2.14. The molecule has 0 radical (unpaired) electrons. The number of ketones is 1. The first-order chi connectivity index (χ1) is 28.8. The number of carbonyl (C=O) groups excluding carboxylic acids is 5. The molecular formula is C40H62N4O16. The van der Waals surface area contributed by atoms with E-state index in [1.807, 2.05) is 0 Å². The van der Waals surface area contributed by atoms with Crippen LogP contribution in [0.1, 0.15) is 94.3 Å². The van der Waals surface area contributed by atoms with Gasteiger partial charge in [-0.2, -0.15) is 0 Å². The van der Waals surface area contributed by atoms with Gasteiger partial charge in [0.2, 0.25) is 23.6 Å². The van der Waals surface area contributed by atoms with Gasteiger partial charge in [0.1, 0.15) is 36.8 Å². The van der Waals surface area contributed by atoms with E-state index < -0.39 is 35.9 Å². The monoisotopic (exact) mass is 854 g/mol. The first-order valence-corrected chi connectivity index (χ1v) is 20.1. The molecule has 0 bridgehead atoms. The van der Waals surface area contributed by atoms with Gasteiger partial charge < -0.3 is 65.1 Å². The highest BCUT2D eigenvalue weighted by Gasteiger charge is 2.21. The summed E-state index contributed by atoms with van der Waals surface area (Å²) in [6.45, 7) is 2.49. The molecule has 0 aliphatic carbocycles. The highest BCUT2D eigenvalue weighted by atomic mass is 16.5. The van der Waals surface area contributed by atoms with Crippen molar-refractivity contribution in [1.29, 1.82) is 0 Å². The van der Waals surface area contributed by atoms with Crippen LogP contribution in [0.4, 0.5) is 0 Å². The molecule has 60 heavy (non-hydrogen) atoms. The average Bonchev–Trinajstić information content (AvgIpc) is 3.20. The van der Waals surface area contributed by atoms with Crippen LogP contribution in [-0.2, 0) is 52.5 Å². The first-order valence-electron chi connectivity index (χ1n) is 20.1. The smallest absolute Gasteiger partial charge is 0.335 e. The summed E-state index contributed by atoms with van der Waals surface area (Å²) in [5.74, 6) is -4.77. The van der Waals surface area contributed by atoms with E-state index in [0.29, 0.717) is 18.8 Å². The summed E-state index contributed by atoms with van der Waals surface area (Å²) in [4.78, 5) is 93.0. The molecule has 2 atom stereocenters. The number of unbranched alkanes of at least 4 members (excludes halogenated alkanes) is 6. The Hall–Kier alpha value is -5.18. The van der Waals surface area contributed by atoms with Crippen LogP contribution < -0.4 is 26.0 Å². The summed E-state index contributed by atoms with van der Waals surface area (Å²) in [6.07, 6.45) is 6.31. The van der Waals surface area contributed by atoms with Crippen molar-refractivity contribution in [3.63, 3.8) is 0 Å². The normalized spacial score (nSPS) is 11.8. The molecule has 0 unspecified atom stereocenters. The molecule has 0 aromatic heterocycles. The minimum absolute atomic E-state index is 0.0121. The van der Waals surface area contributed by atoms with Crippen molar-refractivity contribution in [2.45, 2.75) is 96.1 Å². The number of ether oxygens (including phenoxy) is 5. The van der Waals surface area contributed by atoms with Crippen LogP contribution in [0.2, 0.25) is 0 Å². The second-order valence-corrected chi connectivity index (χ2v) is 13.6. The van der Waals surface area contributed by atoms with Crippen LogP contribution in [0.3, 0.4) is 0 Å². The quantitative estimate of drug-likeness (QED) is 0.0464. The standard InChI is InChI=1S/C40H62N4O16/c1-29(45)10-15-32(39(52)53)44-37(49)28-59-26-24-57-22-19-42-36(48)27-58-25-23-56-21-18-41-34(46)17-16-33(40(54)55)43-35(47)9-7-5-3-2-4-6-8-20-60-31-13-11-30(12-14-31)38(50)51/h11-14,32-33H,2-10,15-28H2,1H3,(H,41,46)(H,42,48)(H,43,47)(H,44,49)(H,50,51)(H,52,53)(H,54,55)/t32-,33-/m0/s1. The van der Waals surface area contributed by atoms with E-state index in [4.69, 9.17) is 33.9 Å². The molecule has 1 aromatic carbocycles. The number of hydrogen-bond acceptors (Lipinski definition) is 13. The Balaban J connectivity index is 1.97. The van der Waals surface area contributed by atoms with E-state index >= 15 is 0 Å². The highest BCUT2D eigenvalue weighted by molar-refractivity contribution is 5.88. The molecule has 0 spiro atoms. The molecule has 0 fully saturated rings. The summed E-state index contributed by atoms with van der Waals surface area (Å²) in [5, 5.41) is 37.6. The number of aliphatic carboxylic acids is 2. The zero-order valence-corrected chi connectivity index (χ0v) is 34.4. The number of hydrogen-bond donors (Lipinski definition) is 7. The van der Waals surface area contributed by atoms with Gasteiger partial charge in [-0.05, 0) is 56.9 Å². The van der Waals surface area contributed by atoms with Crippen molar-refractivity contribution in [3.05, 3.63) is 29.8 Å². The van der Waals surface area contributed by atoms with E-state index in [1.165, 1.54) is 19.1 Å². The van der Waals surface area contributed by atoms with Gasteiger partial charge in [0.05, 0.1) is 51.8 Å². The van der Waals surface area contributed by atoms with Crippen LogP contribution in [-0.4, -0.2) is 147 Å². The molecule has 1 rings (SSSR count). The largest absolute Gasteiger partial charge is 0.494 e. The van der Waals surface area contributed by atoms with Crippen molar-refractivity contribution in [2.24, 2.45) is 0 Å². The van der Waals surface area contributed by atoms with Crippen LogP contribution in [0.25, 0.3) is 0 Å². The van der Waals surface area contributed by atoms with Crippen molar-refractivity contribution < 1.29 is 77.4 Å². The third kappa shape index (κ3) is 29.1. The number of benzene rings is 1. The lowest BCUT2D eigenvalue weighted by Crippen LogP contribution is -2.42. The van der Waals surface area contributed by atoms with Gasteiger partial charge >= 0.3 is 17.9 Å². The van der Waals surface area contributed by atoms with E-state index in [-0.39, 0.29) is 127 Å². The molecule has 0 aliphatic heterocycles. The van der Waals surface area contributed by atoms with Gasteiger partial charge in [0.15, 0.2) is 0 Å². The lowest BCUT2D eigenvalue weighted by atomic mass is 10.1. The second kappa shape index (κ2) is 33.6. The molecule has 20 nitrogen and oxygen atoms in total. The molecule has 20 heteroatoms. The maximum Gasteiger partial charge on any atom is 0.335 e. The van der Waals surface area contributed by atoms with Crippen LogP contribution in [0.5, 0.6) is 5.75 Å². The maximum absolute atomic E-state index is 12.3. The zero-order valence-electron chi connectivity index (χ0n) is 34.4. The summed E-state index contributed by atoms with van der Waals surface area (Å²) in [6, 6.07) is 3.91. The summed E-state index contributed by atoms with van der Waals surface area (Å²) < 4.78 is 26.7. The molecule has 4 amide bonds. The molecule has 0 saturated carbocycles. The van der Waals surface area contributed by atoms with Crippen molar-refractivity contribution >= 4 is 47.3 Å².